The Bertz CT molecular complexity index is 535. The predicted molar refractivity (Wildman–Crippen MR) is 92.2 cm³/mol. The van der Waals surface area contributed by atoms with Gasteiger partial charge in [-0.1, -0.05) is 25.7 Å². The minimum Gasteiger partial charge on any atom is -0.480 e. The van der Waals surface area contributed by atoms with Crippen molar-refractivity contribution in [2.24, 2.45) is 11.8 Å². The fourth-order valence-corrected chi connectivity index (χ4v) is 5.53. The zero-order chi connectivity index (χ0) is 17.2. The molecule has 24 heavy (non-hydrogen) atoms. The Kier molecular flexibility index (Phi) is 5.82. The first-order valence-corrected chi connectivity index (χ1v) is 11.0. The van der Waals surface area contributed by atoms with E-state index in [4.69, 9.17) is 5.11 Å². The zero-order valence-corrected chi connectivity index (χ0v) is 15.1. The van der Waals surface area contributed by atoms with Gasteiger partial charge in [0.1, 0.15) is 0 Å². The van der Waals surface area contributed by atoms with Crippen molar-refractivity contribution in [2.75, 3.05) is 18.8 Å². The molecule has 0 bridgehead atoms. The number of nitrogens with one attached hydrogen (secondary N) is 1. The van der Waals surface area contributed by atoms with Crippen LogP contribution in [0.25, 0.3) is 0 Å². The third kappa shape index (κ3) is 5.43. The predicted octanol–water partition coefficient (Wildman–Crippen LogP) is 1.81. The molecule has 3 aliphatic carbocycles. The summed E-state index contributed by atoms with van der Waals surface area (Å²) in [4.78, 5) is 13.1. The highest BCUT2D eigenvalue weighted by Gasteiger charge is 2.38. The Morgan fingerprint density at radius 1 is 1.08 bits per heavy atom. The standard InChI is InChI=1S/C17H30N2O4S/c20-17(21)12-19(11-14-5-6-14)16-9-15(10-16)18-24(22,23)8-7-13-3-1-2-4-13/h13-16,18H,1-12H2,(H,20,21). The fraction of sp³-hybridized carbons (Fsp3) is 0.941. The second kappa shape index (κ2) is 7.70. The number of hydrogen-bond donors (Lipinski definition) is 2. The Labute approximate surface area is 145 Å². The molecule has 138 valence electrons. The summed E-state index contributed by atoms with van der Waals surface area (Å²) >= 11 is 0. The van der Waals surface area contributed by atoms with Gasteiger partial charge in [0.15, 0.2) is 0 Å². The van der Waals surface area contributed by atoms with Crippen LogP contribution < -0.4 is 4.72 Å². The Balaban J connectivity index is 1.40. The van der Waals surface area contributed by atoms with Crippen LogP contribution in [0, 0.1) is 11.8 Å². The van der Waals surface area contributed by atoms with Crippen LogP contribution in [0.5, 0.6) is 0 Å². The third-order valence-corrected chi connectivity index (χ3v) is 7.24. The summed E-state index contributed by atoms with van der Waals surface area (Å²) < 4.78 is 27.2. The average molecular weight is 359 g/mol. The van der Waals surface area contributed by atoms with E-state index in [0.717, 1.165) is 25.8 Å². The van der Waals surface area contributed by atoms with Crippen molar-refractivity contribution < 1.29 is 18.3 Å². The molecule has 0 heterocycles. The van der Waals surface area contributed by atoms with E-state index in [1.807, 2.05) is 4.90 Å². The number of carbonyl (C=O) groups is 1. The largest absolute Gasteiger partial charge is 0.480 e. The lowest BCUT2D eigenvalue weighted by Crippen LogP contribution is -2.55. The quantitative estimate of drug-likeness (QED) is 0.622. The Morgan fingerprint density at radius 3 is 2.33 bits per heavy atom. The molecule has 0 aromatic heterocycles. The van der Waals surface area contributed by atoms with Gasteiger partial charge in [0.2, 0.25) is 10.0 Å². The Hall–Kier alpha value is -0.660. The molecule has 0 unspecified atom stereocenters. The minimum absolute atomic E-state index is 0.0147. The van der Waals surface area contributed by atoms with E-state index in [2.05, 4.69) is 4.72 Å². The molecule has 6 nitrogen and oxygen atoms in total. The molecular formula is C17H30N2O4S. The molecule has 0 saturated heterocycles. The van der Waals surface area contributed by atoms with Crippen LogP contribution in [0.2, 0.25) is 0 Å². The van der Waals surface area contributed by atoms with E-state index >= 15 is 0 Å². The van der Waals surface area contributed by atoms with Gasteiger partial charge in [0.05, 0.1) is 12.3 Å². The normalized spacial score (nSPS) is 28.2. The minimum atomic E-state index is -3.20. The van der Waals surface area contributed by atoms with E-state index < -0.39 is 16.0 Å². The molecule has 0 spiro atoms. The van der Waals surface area contributed by atoms with E-state index in [9.17, 15) is 13.2 Å². The van der Waals surface area contributed by atoms with Gasteiger partial charge in [-0.3, -0.25) is 9.69 Å². The van der Waals surface area contributed by atoms with Crippen molar-refractivity contribution >= 4 is 16.0 Å². The van der Waals surface area contributed by atoms with Gasteiger partial charge in [-0.05, 0) is 43.9 Å². The molecule has 0 radical (unpaired) electrons. The molecule has 3 rings (SSSR count). The van der Waals surface area contributed by atoms with E-state index in [0.29, 0.717) is 11.8 Å². The summed E-state index contributed by atoms with van der Waals surface area (Å²) in [7, 11) is -3.20. The lowest BCUT2D eigenvalue weighted by molar-refractivity contribution is -0.139. The summed E-state index contributed by atoms with van der Waals surface area (Å²) in [5.41, 5.74) is 0. The third-order valence-electron chi connectivity index (χ3n) is 5.77. The molecular weight excluding hydrogens is 328 g/mol. The summed E-state index contributed by atoms with van der Waals surface area (Å²) in [5.74, 6) is 0.669. The smallest absolute Gasteiger partial charge is 0.317 e. The summed E-state index contributed by atoms with van der Waals surface area (Å²) in [5, 5.41) is 9.06. The van der Waals surface area contributed by atoms with Crippen LogP contribution in [-0.4, -0.2) is 55.3 Å². The lowest BCUT2D eigenvalue weighted by atomic mass is 9.86. The number of rotatable bonds is 10. The number of sulfonamides is 1. The average Bonchev–Trinajstić information content (AvgIpc) is 3.11. The van der Waals surface area contributed by atoms with Crippen LogP contribution in [0.1, 0.15) is 57.8 Å². The van der Waals surface area contributed by atoms with Gasteiger partial charge in [-0.15, -0.1) is 0 Å². The number of nitrogens with zero attached hydrogens (tertiary/aromatic N) is 1. The van der Waals surface area contributed by atoms with Crippen LogP contribution in [0.15, 0.2) is 0 Å². The maximum Gasteiger partial charge on any atom is 0.317 e. The van der Waals surface area contributed by atoms with Crippen molar-refractivity contribution in [3.8, 4) is 0 Å². The van der Waals surface area contributed by atoms with Gasteiger partial charge in [-0.2, -0.15) is 0 Å². The maximum absolute atomic E-state index is 12.2. The van der Waals surface area contributed by atoms with Crippen LogP contribution in [0.4, 0.5) is 0 Å². The van der Waals surface area contributed by atoms with Gasteiger partial charge < -0.3 is 5.11 Å². The van der Waals surface area contributed by atoms with Crippen LogP contribution in [-0.2, 0) is 14.8 Å². The number of aliphatic carboxylic acids is 1. The summed E-state index contributed by atoms with van der Waals surface area (Å²) in [6, 6.07) is 0.198. The first-order valence-electron chi connectivity index (χ1n) is 9.37. The topological polar surface area (TPSA) is 86.7 Å². The second-order valence-electron chi connectivity index (χ2n) is 7.96. The van der Waals surface area contributed by atoms with Crippen molar-refractivity contribution in [2.45, 2.75) is 69.9 Å². The van der Waals surface area contributed by atoms with Crippen molar-refractivity contribution in [1.29, 1.82) is 0 Å². The van der Waals surface area contributed by atoms with Gasteiger partial charge >= 0.3 is 5.97 Å². The summed E-state index contributed by atoms with van der Waals surface area (Å²) in [6.45, 7) is 0.917. The lowest BCUT2D eigenvalue weighted by Gasteiger charge is -2.42. The monoisotopic (exact) mass is 358 g/mol. The van der Waals surface area contributed by atoms with Crippen molar-refractivity contribution in [3.63, 3.8) is 0 Å². The molecule has 3 aliphatic rings. The van der Waals surface area contributed by atoms with Gasteiger partial charge in [0, 0.05) is 18.6 Å². The van der Waals surface area contributed by atoms with Crippen LogP contribution >= 0.6 is 0 Å². The highest BCUT2D eigenvalue weighted by Crippen LogP contribution is 2.34. The molecule has 7 heteroatoms. The number of hydrogen-bond acceptors (Lipinski definition) is 4. The van der Waals surface area contributed by atoms with E-state index in [1.165, 1.54) is 38.5 Å². The molecule has 3 fully saturated rings. The van der Waals surface area contributed by atoms with Gasteiger partial charge in [0.25, 0.3) is 0 Å². The highest BCUT2D eigenvalue weighted by molar-refractivity contribution is 7.89. The highest BCUT2D eigenvalue weighted by atomic mass is 32.2. The number of carboxylic acid groups (broad SMARTS) is 1. The molecule has 0 aliphatic heterocycles. The van der Waals surface area contributed by atoms with Gasteiger partial charge in [-0.25, -0.2) is 13.1 Å². The molecule has 0 amide bonds. The fourth-order valence-electron chi connectivity index (χ4n) is 4.06. The van der Waals surface area contributed by atoms with E-state index in [1.54, 1.807) is 0 Å². The van der Waals surface area contributed by atoms with Crippen LogP contribution in [0.3, 0.4) is 0 Å². The summed E-state index contributed by atoms with van der Waals surface area (Å²) in [6.07, 6.45) is 9.47. The first kappa shape index (κ1) is 18.1. The molecule has 2 N–H and O–H groups in total. The molecule has 0 aromatic rings. The SMILES string of the molecule is O=C(O)CN(CC1CC1)C1CC(NS(=O)(=O)CCC2CCCC2)C1. The molecule has 0 aromatic carbocycles. The zero-order valence-electron chi connectivity index (χ0n) is 14.3. The molecule has 0 atom stereocenters. The maximum atomic E-state index is 12.2. The van der Waals surface area contributed by atoms with Crippen molar-refractivity contribution in [1.82, 2.24) is 9.62 Å². The van der Waals surface area contributed by atoms with Crippen molar-refractivity contribution in [3.05, 3.63) is 0 Å². The second-order valence-corrected chi connectivity index (χ2v) is 9.84. The number of carboxylic acids is 1. The molecule has 3 saturated carbocycles. The Morgan fingerprint density at radius 2 is 1.75 bits per heavy atom. The first-order chi connectivity index (χ1) is 11.4. The van der Waals surface area contributed by atoms with E-state index in [-0.39, 0.29) is 24.4 Å².